The van der Waals surface area contributed by atoms with Gasteiger partial charge in [-0.3, -0.25) is 4.98 Å². The van der Waals surface area contributed by atoms with E-state index in [9.17, 15) is 4.79 Å². The number of carbonyl (C=O) groups is 1. The summed E-state index contributed by atoms with van der Waals surface area (Å²) in [6.07, 6.45) is 7.14. The van der Waals surface area contributed by atoms with E-state index < -0.39 is 0 Å². The molecule has 0 spiro atoms. The fourth-order valence-corrected chi connectivity index (χ4v) is 2.67. The van der Waals surface area contributed by atoms with Gasteiger partial charge in [0.15, 0.2) is 0 Å². The molecular formula is C16H18N2O2. The van der Waals surface area contributed by atoms with Crippen molar-refractivity contribution in [3.63, 3.8) is 0 Å². The summed E-state index contributed by atoms with van der Waals surface area (Å²) < 4.78 is 5.35. The lowest BCUT2D eigenvalue weighted by atomic mass is 9.96. The van der Waals surface area contributed by atoms with E-state index >= 15 is 0 Å². The minimum atomic E-state index is -0.361. The molecule has 1 aromatic carbocycles. The van der Waals surface area contributed by atoms with Crippen molar-refractivity contribution in [3.05, 3.63) is 36.5 Å². The topological polar surface area (TPSA) is 51.2 Å². The molecule has 104 valence electrons. The molecule has 3 rings (SSSR count). The van der Waals surface area contributed by atoms with Gasteiger partial charge in [0.2, 0.25) is 0 Å². The van der Waals surface area contributed by atoms with E-state index in [-0.39, 0.29) is 12.1 Å². The number of carbonyl (C=O) groups excluding carboxylic acids is 1. The van der Waals surface area contributed by atoms with Crippen molar-refractivity contribution in [1.82, 2.24) is 10.3 Å². The smallest absolute Gasteiger partial charge is 0.410 e. The van der Waals surface area contributed by atoms with E-state index in [1.54, 1.807) is 12.3 Å². The molecular weight excluding hydrogens is 252 g/mol. The molecule has 1 aromatic heterocycles. The number of ether oxygens (including phenoxy) is 1. The van der Waals surface area contributed by atoms with Gasteiger partial charge in [0, 0.05) is 17.6 Å². The molecule has 1 saturated carbocycles. The van der Waals surface area contributed by atoms with Crippen molar-refractivity contribution in [3.8, 4) is 5.75 Å². The van der Waals surface area contributed by atoms with Gasteiger partial charge in [-0.05, 0) is 37.1 Å². The molecule has 0 unspecified atom stereocenters. The first-order chi connectivity index (χ1) is 9.81. The van der Waals surface area contributed by atoms with E-state index in [4.69, 9.17) is 4.74 Å². The monoisotopic (exact) mass is 270 g/mol. The highest BCUT2D eigenvalue weighted by atomic mass is 16.6. The molecule has 1 aliphatic rings. The van der Waals surface area contributed by atoms with Gasteiger partial charge >= 0.3 is 6.09 Å². The maximum Gasteiger partial charge on any atom is 0.412 e. The minimum Gasteiger partial charge on any atom is -0.410 e. The SMILES string of the molecule is O=C(NC1CCCCC1)Oc1ccc2ncccc2c1. The average molecular weight is 270 g/mol. The standard InChI is InChI=1S/C16H18N2O2/c19-16(18-13-6-2-1-3-7-13)20-14-8-9-15-12(11-14)5-4-10-17-15/h4-5,8-11,13H,1-3,6-7H2,(H,18,19). The Morgan fingerprint density at radius 2 is 2.05 bits per heavy atom. The van der Waals surface area contributed by atoms with E-state index in [1.807, 2.05) is 24.3 Å². The van der Waals surface area contributed by atoms with Crippen LogP contribution in [0.25, 0.3) is 10.9 Å². The zero-order valence-electron chi connectivity index (χ0n) is 11.3. The number of amides is 1. The first-order valence-corrected chi connectivity index (χ1v) is 7.14. The lowest BCUT2D eigenvalue weighted by Crippen LogP contribution is -2.37. The van der Waals surface area contributed by atoms with Crippen molar-refractivity contribution < 1.29 is 9.53 Å². The molecule has 0 atom stereocenters. The van der Waals surface area contributed by atoms with Crippen LogP contribution in [0.4, 0.5) is 4.79 Å². The van der Waals surface area contributed by atoms with Crippen molar-refractivity contribution in [1.29, 1.82) is 0 Å². The van der Waals surface area contributed by atoms with Crippen LogP contribution in [0, 0.1) is 0 Å². The Morgan fingerprint density at radius 1 is 1.20 bits per heavy atom. The van der Waals surface area contributed by atoms with Gasteiger partial charge in [0.05, 0.1) is 5.52 Å². The second-order valence-electron chi connectivity index (χ2n) is 5.23. The van der Waals surface area contributed by atoms with Crippen LogP contribution in [-0.2, 0) is 0 Å². The summed E-state index contributed by atoms with van der Waals surface area (Å²) in [6.45, 7) is 0. The first-order valence-electron chi connectivity index (χ1n) is 7.14. The van der Waals surface area contributed by atoms with Crippen LogP contribution >= 0.6 is 0 Å². The number of pyridine rings is 1. The van der Waals surface area contributed by atoms with Crippen LogP contribution in [0.5, 0.6) is 5.75 Å². The summed E-state index contributed by atoms with van der Waals surface area (Å²) in [5, 5.41) is 3.91. The number of benzene rings is 1. The van der Waals surface area contributed by atoms with Crippen LogP contribution in [0.1, 0.15) is 32.1 Å². The van der Waals surface area contributed by atoms with Gasteiger partial charge in [-0.25, -0.2) is 4.79 Å². The molecule has 1 amide bonds. The van der Waals surface area contributed by atoms with Gasteiger partial charge in [0.1, 0.15) is 5.75 Å². The van der Waals surface area contributed by atoms with Gasteiger partial charge in [-0.15, -0.1) is 0 Å². The minimum absolute atomic E-state index is 0.262. The molecule has 0 bridgehead atoms. The molecule has 1 fully saturated rings. The summed E-state index contributed by atoms with van der Waals surface area (Å²) in [6, 6.07) is 9.55. The van der Waals surface area contributed by atoms with Crippen molar-refractivity contribution in [2.24, 2.45) is 0 Å². The summed E-state index contributed by atoms with van der Waals surface area (Å²) >= 11 is 0. The van der Waals surface area contributed by atoms with Crippen molar-refractivity contribution in [2.45, 2.75) is 38.1 Å². The van der Waals surface area contributed by atoms with Crippen LogP contribution in [0.3, 0.4) is 0 Å². The Morgan fingerprint density at radius 3 is 2.90 bits per heavy atom. The summed E-state index contributed by atoms with van der Waals surface area (Å²) in [5.74, 6) is 0.554. The number of hydrogen-bond donors (Lipinski definition) is 1. The van der Waals surface area contributed by atoms with Gasteiger partial charge in [-0.2, -0.15) is 0 Å². The highest BCUT2D eigenvalue weighted by molar-refractivity contribution is 5.81. The second-order valence-corrected chi connectivity index (χ2v) is 5.23. The molecule has 20 heavy (non-hydrogen) atoms. The predicted octanol–water partition coefficient (Wildman–Crippen LogP) is 3.66. The Kier molecular flexibility index (Phi) is 3.81. The second kappa shape index (κ2) is 5.90. The number of aromatic nitrogens is 1. The highest BCUT2D eigenvalue weighted by Crippen LogP contribution is 2.20. The normalized spacial score (nSPS) is 16.0. The lowest BCUT2D eigenvalue weighted by molar-refractivity contribution is 0.192. The summed E-state index contributed by atoms with van der Waals surface area (Å²) in [4.78, 5) is 16.1. The summed E-state index contributed by atoms with van der Waals surface area (Å²) in [7, 11) is 0. The molecule has 0 radical (unpaired) electrons. The van der Waals surface area contributed by atoms with Crippen molar-refractivity contribution >= 4 is 17.0 Å². The molecule has 2 aromatic rings. The Balaban J connectivity index is 1.64. The number of rotatable bonds is 2. The first kappa shape index (κ1) is 12.9. The predicted molar refractivity (Wildman–Crippen MR) is 77.8 cm³/mol. The molecule has 1 N–H and O–H groups in total. The molecule has 0 saturated heterocycles. The lowest BCUT2D eigenvalue weighted by Gasteiger charge is -2.22. The molecule has 4 heteroatoms. The fraction of sp³-hybridized carbons (Fsp3) is 0.375. The van der Waals surface area contributed by atoms with Crippen molar-refractivity contribution in [2.75, 3.05) is 0 Å². The maximum atomic E-state index is 11.9. The highest BCUT2D eigenvalue weighted by Gasteiger charge is 2.16. The zero-order chi connectivity index (χ0) is 13.8. The van der Waals surface area contributed by atoms with E-state index in [0.29, 0.717) is 5.75 Å². The Hall–Kier alpha value is -2.10. The number of hydrogen-bond acceptors (Lipinski definition) is 3. The molecule has 4 nitrogen and oxygen atoms in total. The third-order valence-corrected chi connectivity index (χ3v) is 3.71. The van der Waals surface area contributed by atoms with Crippen LogP contribution in [0.2, 0.25) is 0 Å². The quantitative estimate of drug-likeness (QED) is 0.906. The average Bonchev–Trinajstić information content (AvgIpc) is 2.48. The van der Waals surface area contributed by atoms with Gasteiger partial charge in [-0.1, -0.05) is 25.3 Å². The van der Waals surface area contributed by atoms with Gasteiger partial charge < -0.3 is 10.1 Å². The number of nitrogens with zero attached hydrogens (tertiary/aromatic N) is 1. The Labute approximate surface area is 118 Å². The van der Waals surface area contributed by atoms with Gasteiger partial charge in [0.25, 0.3) is 0 Å². The van der Waals surface area contributed by atoms with E-state index in [2.05, 4.69) is 10.3 Å². The number of nitrogens with one attached hydrogen (secondary N) is 1. The third kappa shape index (κ3) is 3.07. The maximum absolute atomic E-state index is 11.9. The fourth-order valence-electron chi connectivity index (χ4n) is 2.67. The summed E-state index contributed by atoms with van der Waals surface area (Å²) in [5.41, 5.74) is 0.896. The van der Waals surface area contributed by atoms with Crippen LogP contribution in [-0.4, -0.2) is 17.1 Å². The van der Waals surface area contributed by atoms with E-state index in [1.165, 1.54) is 19.3 Å². The number of fused-ring (bicyclic) bond motifs is 1. The third-order valence-electron chi connectivity index (χ3n) is 3.71. The Bertz CT molecular complexity index is 606. The van der Waals surface area contributed by atoms with Crippen LogP contribution < -0.4 is 10.1 Å². The molecule has 1 aliphatic carbocycles. The molecule has 1 heterocycles. The van der Waals surface area contributed by atoms with Crippen LogP contribution in [0.15, 0.2) is 36.5 Å². The zero-order valence-corrected chi connectivity index (χ0v) is 11.3. The molecule has 0 aliphatic heterocycles. The largest absolute Gasteiger partial charge is 0.412 e. The van der Waals surface area contributed by atoms with E-state index in [0.717, 1.165) is 23.7 Å².